The summed E-state index contributed by atoms with van der Waals surface area (Å²) < 4.78 is 0. The van der Waals surface area contributed by atoms with Crippen LogP contribution < -0.4 is 0 Å². The molecule has 11 heavy (non-hydrogen) atoms. The molecule has 0 bridgehead atoms. The number of halogens is 1. The van der Waals surface area contributed by atoms with Crippen LogP contribution in [0.2, 0.25) is 0 Å². The standard InChI is InChI=1S/C8H12ClNO/c9-8(10-11)6-2-1-5-3-7(5)4-6/h5-7,11H,1-4H2. The van der Waals surface area contributed by atoms with Crippen LogP contribution in [0.3, 0.4) is 0 Å². The van der Waals surface area contributed by atoms with E-state index in [1.165, 1.54) is 12.8 Å². The summed E-state index contributed by atoms with van der Waals surface area (Å²) in [5, 5.41) is 11.9. The summed E-state index contributed by atoms with van der Waals surface area (Å²) in [5.74, 6) is 2.23. The molecule has 62 valence electrons. The number of oxime groups is 1. The van der Waals surface area contributed by atoms with Gasteiger partial charge in [-0.25, -0.2) is 0 Å². The van der Waals surface area contributed by atoms with E-state index in [9.17, 15) is 0 Å². The quantitative estimate of drug-likeness (QED) is 0.369. The zero-order chi connectivity index (χ0) is 7.84. The highest BCUT2D eigenvalue weighted by molar-refractivity contribution is 6.65. The summed E-state index contributed by atoms with van der Waals surface area (Å²) in [6.07, 6.45) is 4.92. The van der Waals surface area contributed by atoms with E-state index in [1.807, 2.05) is 0 Å². The average molecular weight is 174 g/mol. The van der Waals surface area contributed by atoms with Crippen LogP contribution in [0.25, 0.3) is 0 Å². The van der Waals surface area contributed by atoms with Crippen LogP contribution >= 0.6 is 11.6 Å². The lowest BCUT2D eigenvalue weighted by molar-refractivity contribution is 0.311. The molecule has 0 aromatic carbocycles. The van der Waals surface area contributed by atoms with E-state index in [4.69, 9.17) is 16.8 Å². The molecular formula is C8H12ClNO. The lowest BCUT2D eigenvalue weighted by atomic mass is 9.90. The molecule has 0 aromatic heterocycles. The van der Waals surface area contributed by atoms with Crippen molar-refractivity contribution in [3.8, 4) is 0 Å². The molecule has 2 nitrogen and oxygen atoms in total. The molecule has 0 radical (unpaired) electrons. The van der Waals surface area contributed by atoms with Crippen molar-refractivity contribution in [2.75, 3.05) is 0 Å². The zero-order valence-corrected chi connectivity index (χ0v) is 7.09. The molecule has 0 aliphatic heterocycles. The minimum atomic E-state index is 0.352. The fraction of sp³-hybridized carbons (Fsp3) is 0.875. The Bertz CT molecular complexity index is 193. The van der Waals surface area contributed by atoms with Crippen molar-refractivity contribution >= 4 is 16.8 Å². The highest BCUT2D eigenvalue weighted by Gasteiger charge is 2.43. The Hall–Kier alpha value is -0.240. The molecule has 2 aliphatic carbocycles. The van der Waals surface area contributed by atoms with Gasteiger partial charge in [0.1, 0.15) is 5.17 Å². The van der Waals surface area contributed by atoms with Crippen LogP contribution in [-0.2, 0) is 0 Å². The Labute approximate surface area is 71.2 Å². The van der Waals surface area contributed by atoms with Gasteiger partial charge in [0.15, 0.2) is 0 Å². The van der Waals surface area contributed by atoms with Crippen molar-refractivity contribution in [2.45, 2.75) is 25.7 Å². The van der Waals surface area contributed by atoms with Gasteiger partial charge in [0, 0.05) is 5.92 Å². The predicted octanol–water partition coefficient (Wildman–Crippen LogP) is 2.45. The van der Waals surface area contributed by atoms with Crippen LogP contribution in [0, 0.1) is 17.8 Å². The van der Waals surface area contributed by atoms with Gasteiger partial charge in [0.2, 0.25) is 0 Å². The summed E-state index contributed by atoms with van der Waals surface area (Å²) >= 11 is 5.73. The minimum Gasteiger partial charge on any atom is -0.410 e. The van der Waals surface area contributed by atoms with Gasteiger partial charge in [0.05, 0.1) is 0 Å². The Kier molecular flexibility index (Phi) is 1.80. The predicted molar refractivity (Wildman–Crippen MR) is 44.0 cm³/mol. The highest BCUT2D eigenvalue weighted by atomic mass is 35.5. The minimum absolute atomic E-state index is 0.352. The van der Waals surface area contributed by atoms with Crippen molar-refractivity contribution in [3.05, 3.63) is 0 Å². The highest BCUT2D eigenvalue weighted by Crippen LogP contribution is 2.51. The van der Waals surface area contributed by atoms with Gasteiger partial charge >= 0.3 is 0 Å². The van der Waals surface area contributed by atoms with Crippen LogP contribution in [0.4, 0.5) is 0 Å². The summed E-state index contributed by atoms with van der Waals surface area (Å²) in [5.41, 5.74) is 0. The molecule has 2 aliphatic rings. The fourth-order valence-electron chi connectivity index (χ4n) is 2.15. The molecular weight excluding hydrogens is 162 g/mol. The van der Waals surface area contributed by atoms with Gasteiger partial charge in [-0.05, 0) is 37.5 Å². The van der Waals surface area contributed by atoms with E-state index in [2.05, 4.69) is 5.16 Å². The second-order valence-corrected chi connectivity index (χ2v) is 4.08. The first kappa shape index (κ1) is 7.41. The molecule has 3 unspecified atom stereocenters. The van der Waals surface area contributed by atoms with Crippen molar-refractivity contribution in [3.63, 3.8) is 0 Å². The average Bonchev–Trinajstić information content (AvgIpc) is 2.80. The van der Waals surface area contributed by atoms with Crippen molar-refractivity contribution in [2.24, 2.45) is 22.9 Å². The van der Waals surface area contributed by atoms with Crippen molar-refractivity contribution < 1.29 is 5.21 Å². The first-order valence-corrected chi connectivity index (χ1v) is 4.56. The van der Waals surface area contributed by atoms with Crippen LogP contribution in [0.15, 0.2) is 5.16 Å². The van der Waals surface area contributed by atoms with Gasteiger partial charge in [-0.1, -0.05) is 16.8 Å². The molecule has 0 saturated heterocycles. The number of hydrogen-bond donors (Lipinski definition) is 1. The molecule has 2 rings (SSSR count). The molecule has 1 N–H and O–H groups in total. The molecule has 2 fully saturated rings. The molecule has 0 spiro atoms. The van der Waals surface area contributed by atoms with Gasteiger partial charge in [-0.2, -0.15) is 0 Å². The van der Waals surface area contributed by atoms with E-state index >= 15 is 0 Å². The molecule has 0 amide bonds. The van der Waals surface area contributed by atoms with Gasteiger partial charge in [0.25, 0.3) is 0 Å². The molecule has 3 heteroatoms. The largest absolute Gasteiger partial charge is 0.410 e. The van der Waals surface area contributed by atoms with Crippen LogP contribution in [-0.4, -0.2) is 10.4 Å². The van der Waals surface area contributed by atoms with Crippen LogP contribution in [0.1, 0.15) is 25.7 Å². The van der Waals surface area contributed by atoms with Crippen molar-refractivity contribution in [1.29, 1.82) is 0 Å². The lowest BCUT2D eigenvalue weighted by Gasteiger charge is -2.18. The fourth-order valence-corrected chi connectivity index (χ4v) is 2.35. The molecule has 0 heterocycles. The maximum Gasteiger partial charge on any atom is 0.148 e. The van der Waals surface area contributed by atoms with E-state index in [-0.39, 0.29) is 0 Å². The zero-order valence-electron chi connectivity index (χ0n) is 6.33. The third-order valence-electron chi connectivity index (χ3n) is 2.97. The monoisotopic (exact) mass is 173 g/mol. The number of nitrogens with zero attached hydrogens (tertiary/aromatic N) is 1. The Morgan fingerprint density at radius 3 is 2.73 bits per heavy atom. The Balaban J connectivity index is 1.94. The number of rotatable bonds is 1. The summed E-state index contributed by atoms with van der Waals surface area (Å²) in [4.78, 5) is 0. The van der Waals surface area contributed by atoms with Crippen molar-refractivity contribution in [1.82, 2.24) is 0 Å². The van der Waals surface area contributed by atoms with E-state index in [0.717, 1.165) is 24.7 Å². The number of hydrogen-bond acceptors (Lipinski definition) is 2. The first-order chi connectivity index (χ1) is 5.31. The van der Waals surface area contributed by atoms with E-state index < -0.39 is 0 Å². The summed E-state index contributed by atoms with van der Waals surface area (Å²) in [7, 11) is 0. The first-order valence-electron chi connectivity index (χ1n) is 4.18. The molecule has 0 aromatic rings. The second-order valence-electron chi connectivity index (χ2n) is 3.69. The topological polar surface area (TPSA) is 32.6 Å². The Morgan fingerprint density at radius 2 is 2.09 bits per heavy atom. The third-order valence-corrected chi connectivity index (χ3v) is 3.36. The normalized spacial score (nSPS) is 43.4. The lowest BCUT2D eigenvalue weighted by Crippen LogP contribution is -2.14. The van der Waals surface area contributed by atoms with E-state index in [1.54, 1.807) is 0 Å². The van der Waals surface area contributed by atoms with Gasteiger partial charge in [-0.3, -0.25) is 0 Å². The van der Waals surface area contributed by atoms with E-state index in [0.29, 0.717) is 11.1 Å². The molecule has 2 saturated carbocycles. The second kappa shape index (κ2) is 2.67. The number of fused-ring (bicyclic) bond motifs is 1. The van der Waals surface area contributed by atoms with Gasteiger partial charge in [-0.15, -0.1) is 0 Å². The smallest absolute Gasteiger partial charge is 0.148 e. The molecule has 3 atom stereocenters. The third kappa shape index (κ3) is 1.36. The summed E-state index contributed by atoms with van der Waals surface area (Å²) in [6.45, 7) is 0. The maximum atomic E-state index is 8.44. The van der Waals surface area contributed by atoms with Gasteiger partial charge < -0.3 is 5.21 Å². The van der Waals surface area contributed by atoms with Crippen LogP contribution in [0.5, 0.6) is 0 Å². The Morgan fingerprint density at radius 1 is 1.27 bits per heavy atom. The summed E-state index contributed by atoms with van der Waals surface area (Å²) in [6, 6.07) is 0. The maximum absolute atomic E-state index is 8.44. The SMILES string of the molecule is ON=C(Cl)C1CCC2CC2C1.